The summed E-state index contributed by atoms with van der Waals surface area (Å²) in [4.78, 5) is 12.5. The fourth-order valence-electron chi connectivity index (χ4n) is 3.09. The number of hydrogen-bond donors (Lipinski definition) is 2. The summed E-state index contributed by atoms with van der Waals surface area (Å²) in [6.07, 6.45) is 5.23. The molecule has 0 saturated heterocycles. The number of carbonyl (C=O) groups is 1. The molecule has 0 bridgehead atoms. The van der Waals surface area contributed by atoms with Gasteiger partial charge in [-0.15, -0.1) is 0 Å². The Balaban J connectivity index is 2.05. The number of ether oxygens (including phenoxy) is 1. The van der Waals surface area contributed by atoms with Crippen LogP contribution in [0.15, 0.2) is 18.2 Å². The summed E-state index contributed by atoms with van der Waals surface area (Å²) in [7, 11) is 1.63. The molecule has 4 nitrogen and oxygen atoms in total. The number of amides is 1. The van der Waals surface area contributed by atoms with Crippen LogP contribution in [0, 0.1) is 5.41 Å². The third kappa shape index (κ3) is 2.89. The summed E-state index contributed by atoms with van der Waals surface area (Å²) in [6, 6.07) is 5.49. The molecule has 1 fully saturated rings. The zero-order valence-corrected chi connectivity index (χ0v) is 12.4. The Morgan fingerprint density at radius 1 is 1.40 bits per heavy atom. The van der Waals surface area contributed by atoms with Gasteiger partial charge in [-0.2, -0.15) is 0 Å². The van der Waals surface area contributed by atoms with Crippen LogP contribution in [0.2, 0.25) is 0 Å². The molecule has 4 heteroatoms. The lowest BCUT2D eigenvalue weighted by Crippen LogP contribution is -2.38. The van der Waals surface area contributed by atoms with Gasteiger partial charge in [0.05, 0.1) is 7.11 Å². The van der Waals surface area contributed by atoms with Gasteiger partial charge in [-0.3, -0.25) is 4.79 Å². The first-order valence-corrected chi connectivity index (χ1v) is 7.32. The van der Waals surface area contributed by atoms with Crippen molar-refractivity contribution in [2.45, 2.75) is 45.6 Å². The second-order valence-electron chi connectivity index (χ2n) is 5.59. The Hall–Kier alpha value is -1.71. The quantitative estimate of drug-likeness (QED) is 0.813. The maximum atomic E-state index is 12.5. The van der Waals surface area contributed by atoms with E-state index < -0.39 is 0 Å². The van der Waals surface area contributed by atoms with E-state index in [-0.39, 0.29) is 11.3 Å². The lowest BCUT2D eigenvalue weighted by atomic mass is 9.82. The first-order chi connectivity index (χ1) is 9.61. The summed E-state index contributed by atoms with van der Waals surface area (Å²) >= 11 is 0. The van der Waals surface area contributed by atoms with Crippen molar-refractivity contribution in [2.24, 2.45) is 5.41 Å². The molecular weight excluding hydrogens is 252 g/mol. The Kier molecular flexibility index (Phi) is 4.53. The fourth-order valence-corrected chi connectivity index (χ4v) is 3.09. The molecule has 1 aromatic carbocycles. The van der Waals surface area contributed by atoms with Crippen molar-refractivity contribution in [1.29, 1.82) is 0 Å². The van der Waals surface area contributed by atoms with E-state index in [9.17, 15) is 4.79 Å². The van der Waals surface area contributed by atoms with Crippen molar-refractivity contribution in [2.75, 3.05) is 12.8 Å². The van der Waals surface area contributed by atoms with Crippen LogP contribution in [-0.2, 0) is 11.3 Å². The second kappa shape index (κ2) is 6.16. The van der Waals surface area contributed by atoms with Crippen LogP contribution in [-0.4, -0.2) is 13.0 Å². The van der Waals surface area contributed by atoms with Gasteiger partial charge in [0.1, 0.15) is 5.75 Å². The summed E-state index contributed by atoms with van der Waals surface area (Å²) < 4.78 is 5.30. The van der Waals surface area contributed by atoms with Crippen LogP contribution < -0.4 is 15.8 Å². The number of rotatable bonds is 5. The van der Waals surface area contributed by atoms with Crippen LogP contribution in [0.25, 0.3) is 0 Å². The van der Waals surface area contributed by atoms with Crippen molar-refractivity contribution < 1.29 is 9.53 Å². The molecule has 0 heterocycles. The number of nitrogen functional groups attached to an aromatic ring is 1. The standard InChI is InChI=1S/C16H24N2O2/c1-3-16(8-4-5-9-16)15(19)18-11-12-10-13(17)6-7-14(12)20-2/h6-7,10H,3-5,8-9,11,17H2,1-2H3,(H,18,19). The van der Waals surface area contributed by atoms with Crippen molar-refractivity contribution in [3.63, 3.8) is 0 Å². The van der Waals surface area contributed by atoms with Gasteiger partial charge >= 0.3 is 0 Å². The molecule has 1 amide bonds. The molecule has 0 unspecified atom stereocenters. The Morgan fingerprint density at radius 3 is 2.70 bits per heavy atom. The highest BCUT2D eigenvalue weighted by Crippen LogP contribution is 2.41. The molecule has 0 radical (unpaired) electrons. The van der Waals surface area contributed by atoms with Crippen molar-refractivity contribution >= 4 is 11.6 Å². The molecule has 3 N–H and O–H groups in total. The monoisotopic (exact) mass is 276 g/mol. The van der Waals surface area contributed by atoms with E-state index in [2.05, 4.69) is 12.2 Å². The second-order valence-corrected chi connectivity index (χ2v) is 5.59. The van der Waals surface area contributed by atoms with E-state index in [4.69, 9.17) is 10.5 Å². The van der Waals surface area contributed by atoms with Gasteiger partial charge in [0, 0.05) is 23.2 Å². The fraction of sp³-hybridized carbons (Fsp3) is 0.562. The highest BCUT2D eigenvalue weighted by Gasteiger charge is 2.39. The molecule has 1 aliphatic carbocycles. The van der Waals surface area contributed by atoms with E-state index in [1.54, 1.807) is 13.2 Å². The molecule has 0 aliphatic heterocycles. The summed E-state index contributed by atoms with van der Waals surface area (Å²) in [6.45, 7) is 2.57. The van der Waals surface area contributed by atoms with E-state index in [0.717, 1.165) is 43.4 Å². The van der Waals surface area contributed by atoms with Crippen LogP contribution in [0.1, 0.15) is 44.6 Å². The average molecular weight is 276 g/mol. The molecule has 0 spiro atoms. The summed E-state index contributed by atoms with van der Waals surface area (Å²) in [5, 5.41) is 3.06. The van der Waals surface area contributed by atoms with Crippen molar-refractivity contribution in [1.82, 2.24) is 5.32 Å². The number of nitrogens with two attached hydrogens (primary N) is 1. The third-order valence-electron chi connectivity index (χ3n) is 4.46. The Labute approximate surface area is 120 Å². The highest BCUT2D eigenvalue weighted by molar-refractivity contribution is 5.82. The summed E-state index contributed by atoms with van der Waals surface area (Å²) in [5.41, 5.74) is 7.24. The van der Waals surface area contributed by atoms with Crippen molar-refractivity contribution in [3.05, 3.63) is 23.8 Å². The lowest BCUT2D eigenvalue weighted by Gasteiger charge is -2.26. The maximum absolute atomic E-state index is 12.5. The largest absolute Gasteiger partial charge is 0.496 e. The predicted octanol–water partition coefficient (Wildman–Crippen LogP) is 2.86. The van der Waals surface area contributed by atoms with Gasteiger partial charge in [0.15, 0.2) is 0 Å². The molecule has 0 aromatic heterocycles. The zero-order valence-electron chi connectivity index (χ0n) is 12.4. The number of carbonyl (C=O) groups excluding carboxylic acids is 1. The molecule has 1 saturated carbocycles. The average Bonchev–Trinajstić information content (AvgIpc) is 2.95. The highest BCUT2D eigenvalue weighted by atomic mass is 16.5. The molecular formula is C16H24N2O2. The molecule has 0 atom stereocenters. The molecule has 1 aliphatic rings. The Morgan fingerprint density at radius 2 is 2.10 bits per heavy atom. The topological polar surface area (TPSA) is 64.4 Å². The molecule has 2 rings (SSSR count). The van der Waals surface area contributed by atoms with Gasteiger partial charge < -0.3 is 15.8 Å². The van der Waals surface area contributed by atoms with E-state index in [1.807, 2.05) is 12.1 Å². The van der Waals surface area contributed by atoms with Crippen LogP contribution in [0.3, 0.4) is 0 Å². The number of hydrogen-bond acceptors (Lipinski definition) is 3. The number of anilines is 1. The molecule has 1 aromatic rings. The number of nitrogens with one attached hydrogen (secondary N) is 1. The minimum Gasteiger partial charge on any atom is -0.496 e. The lowest BCUT2D eigenvalue weighted by molar-refractivity contribution is -0.131. The maximum Gasteiger partial charge on any atom is 0.226 e. The van der Waals surface area contributed by atoms with Gasteiger partial charge in [-0.25, -0.2) is 0 Å². The SMILES string of the molecule is CCC1(C(=O)NCc2cc(N)ccc2OC)CCCC1. The summed E-state index contributed by atoms with van der Waals surface area (Å²) in [5.74, 6) is 0.929. The van der Waals surface area contributed by atoms with Crippen LogP contribution >= 0.6 is 0 Å². The first-order valence-electron chi connectivity index (χ1n) is 7.32. The van der Waals surface area contributed by atoms with E-state index >= 15 is 0 Å². The molecule has 110 valence electrons. The Bertz CT molecular complexity index is 479. The van der Waals surface area contributed by atoms with Crippen LogP contribution in [0.4, 0.5) is 5.69 Å². The zero-order chi connectivity index (χ0) is 14.6. The van der Waals surface area contributed by atoms with E-state index in [1.165, 1.54) is 0 Å². The van der Waals surface area contributed by atoms with Gasteiger partial charge in [-0.1, -0.05) is 19.8 Å². The van der Waals surface area contributed by atoms with E-state index in [0.29, 0.717) is 12.2 Å². The van der Waals surface area contributed by atoms with Crippen LogP contribution in [0.5, 0.6) is 5.75 Å². The normalized spacial score (nSPS) is 16.9. The number of methoxy groups -OCH3 is 1. The number of benzene rings is 1. The minimum atomic E-state index is -0.159. The third-order valence-corrected chi connectivity index (χ3v) is 4.46. The predicted molar refractivity (Wildman–Crippen MR) is 80.4 cm³/mol. The minimum absolute atomic E-state index is 0.159. The van der Waals surface area contributed by atoms with Gasteiger partial charge in [-0.05, 0) is 37.5 Å². The van der Waals surface area contributed by atoms with Crippen molar-refractivity contribution in [3.8, 4) is 5.75 Å². The first kappa shape index (κ1) is 14.7. The molecule has 20 heavy (non-hydrogen) atoms. The van der Waals surface area contributed by atoms with Gasteiger partial charge in [0.25, 0.3) is 0 Å². The smallest absolute Gasteiger partial charge is 0.226 e. The van der Waals surface area contributed by atoms with Gasteiger partial charge in [0.2, 0.25) is 5.91 Å².